The minimum atomic E-state index is -4.17. The molecule has 2 aromatic carbocycles. The van der Waals surface area contributed by atoms with E-state index in [0.29, 0.717) is 39.5 Å². The summed E-state index contributed by atoms with van der Waals surface area (Å²) in [5.41, 5.74) is 0.0146. The van der Waals surface area contributed by atoms with Crippen molar-refractivity contribution in [3.05, 3.63) is 47.0 Å². The van der Waals surface area contributed by atoms with Crippen LogP contribution in [0.25, 0.3) is 11.1 Å². The average molecular weight is 782 g/mol. The Labute approximate surface area is 314 Å². The van der Waals surface area contributed by atoms with E-state index in [9.17, 15) is 22.7 Å². The first-order chi connectivity index (χ1) is 25.1. The fourth-order valence-corrected chi connectivity index (χ4v) is 8.49. The molecular weight excluding hydrogens is 733 g/mol. The summed E-state index contributed by atoms with van der Waals surface area (Å²) in [6.45, 7) is 6.80. The molecule has 292 valence electrons. The van der Waals surface area contributed by atoms with Gasteiger partial charge in [-0.3, -0.25) is 0 Å². The molecule has 1 aliphatic carbocycles. The molecule has 1 saturated carbocycles. The number of nitrogens with one attached hydrogen (secondary N) is 3. The molecule has 0 bridgehead atoms. The summed E-state index contributed by atoms with van der Waals surface area (Å²) in [6, 6.07) is 8.85. The van der Waals surface area contributed by atoms with Crippen LogP contribution in [-0.4, -0.2) is 111 Å². The Morgan fingerprint density at radius 3 is 2.58 bits per heavy atom. The summed E-state index contributed by atoms with van der Waals surface area (Å²) in [4.78, 5) is 17.9. The standard InChI is InChI=1S/C36H49ClFN5O9S/c1-20(2)15-43(53(46,47)23-9-10-25-30(14-23)51-34(41-25)40-22-7-8-22)16-28(44)26(13-21-6-11-29(48-5)24(37)12-21)42-35(45)52-31-18-50-33-32(31)27(17-49-33)39-19-36(3,4)38/h6,9-12,14,20,22,26-28,31-33,39,44H,7-8,13,15-19H2,1-5H3,(H,40,41)(H,42,45)/t26-,27-,28+,31-,32-,33+/m0/s1. The Hall–Kier alpha value is -3.25. The molecule has 3 aliphatic rings. The number of oxazole rings is 1. The third-order valence-corrected chi connectivity index (χ3v) is 11.5. The number of aliphatic hydroxyl groups is 1. The van der Waals surface area contributed by atoms with Crippen molar-refractivity contribution in [2.24, 2.45) is 11.8 Å². The summed E-state index contributed by atoms with van der Waals surface area (Å²) in [5.74, 6) is -0.0477. The third kappa shape index (κ3) is 9.90. The van der Waals surface area contributed by atoms with Crippen molar-refractivity contribution in [1.82, 2.24) is 19.9 Å². The van der Waals surface area contributed by atoms with E-state index in [1.54, 1.807) is 24.3 Å². The van der Waals surface area contributed by atoms with Crippen LogP contribution >= 0.6 is 11.6 Å². The molecule has 2 aliphatic heterocycles. The second-order valence-corrected chi connectivity index (χ2v) is 17.4. The number of alkyl halides is 1. The average Bonchev–Trinajstić information content (AvgIpc) is 3.47. The lowest BCUT2D eigenvalue weighted by Crippen LogP contribution is -2.52. The highest BCUT2D eigenvalue weighted by Gasteiger charge is 2.50. The monoisotopic (exact) mass is 781 g/mol. The van der Waals surface area contributed by atoms with Gasteiger partial charge in [0.15, 0.2) is 11.9 Å². The van der Waals surface area contributed by atoms with Gasteiger partial charge >= 0.3 is 6.09 Å². The summed E-state index contributed by atoms with van der Waals surface area (Å²) in [6.07, 6.45) is -1.47. The highest BCUT2D eigenvalue weighted by atomic mass is 35.5. The van der Waals surface area contributed by atoms with Crippen LogP contribution in [0.5, 0.6) is 5.75 Å². The minimum Gasteiger partial charge on any atom is -0.495 e. The number of sulfonamides is 1. The first-order valence-corrected chi connectivity index (χ1v) is 19.7. The molecule has 0 unspecified atom stereocenters. The number of anilines is 1. The first kappa shape index (κ1) is 39.4. The molecule has 6 rings (SSSR count). The van der Waals surface area contributed by atoms with Crippen LogP contribution in [0.4, 0.5) is 15.2 Å². The van der Waals surface area contributed by atoms with Crippen molar-refractivity contribution in [3.8, 4) is 5.75 Å². The van der Waals surface area contributed by atoms with Crippen LogP contribution in [-0.2, 0) is 30.7 Å². The zero-order chi connectivity index (χ0) is 38.1. The van der Waals surface area contributed by atoms with E-state index in [4.69, 9.17) is 35.0 Å². The molecule has 3 aromatic rings. The van der Waals surface area contributed by atoms with Crippen LogP contribution in [0.1, 0.15) is 46.1 Å². The number of hydrogen-bond acceptors (Lipinski definition) is 12. The molecule has 6 atom stereocenters. The summed E-state index contributed by atoms with van der Waals surface area (Å²) in [5, 5.41) is 21.2. The lowest BCUT2D eigenvalue weighted by atomic mass is 9.97. The molecule has 3 fully saturated rings. The van der Waals surface area contributed by atoms with Gasteiger partial charge in [-0.25, -0.2) is 17.6 Å². The van der Waals surface area contributed by atoms with Crippen molar-refractivity contribution in [2.45, 2.75) is 94.1 Å². The van der Waals surface area contributed by atoms with E-state index in [1.807, 2.05) is 13.8 Å². The maximum atomic E-state index is 14.3. The minimum absolute atomic E-state index is 0.0216. The molecule has 0 radical (unpaired) electrons. The van der Waals surface area contributed by atoms with Gasteiger partial charge in [0.1, 0.15) is 23.0 Å². The van der Waals surface area contributed by atoms with Gasteiger partial charge in [-0.1, -0.05) is 31.5 Å². The molecule has 1 aromatic heterocycles. The number of halogens is 2. The number of methoxy groups -OCH3 is 1. The van der Waals surface area contributed by atoms with Crippen molar-refractivity contribution < 1.29 is 46.1 Å². The number of hydrogen-bond donors (Lipinski definition) is 4. The number of aliphatic hydroxyl groups excluding tert-OH is 1. The number of fused-ring (bicyclic) bond motifs is 2. The van der Waals surface area contributed by atoms with Gasteiger partial charge in [0.2, 0.25) is 10.0 Å². The van der Waals surface area contributed by atoms with Crippen molar-refractivity contribution in [1.29, 1.82) is 0 Å². The Morgan fingerprint density at radius 1 is 1.15 bits per heavy atom. The molecule has 17 heteroatoms. The number of benzene rings is 2. The van der Waals surface area contributed by atoms with Gasteiger partial charge in [-0.2, -0.15) is 9.29 Å². The zero-order valence-electron chi connectivity index (χ0n) is 30.5. The first-order valence-electron chi connectivity index (χ1n) is 17.9. The molecule has 0 spiro atoms. The van der Waals surface area contributed by atoms with Gasteiger partial charge in [0.25, 0.3) is 6.01 Å². The van der Waals surface area contributed by atoms with Gasteiger partial charge in [0, 0.05) is 37.8 Å². The van der Waals surface area contributed by atoms with Crippen molar-refractivity contribution in [3.63, 3.8) is 0 Å². The van der Waals surface area contributed by atoms with Crippen LogP contribution in [0.15, 0.2) is 45.7 Å². The quantitative estimate of drug-likeness (QED) is 0.152. The van der Waals surface area contributed by atoms with Crippen molar-refractivity contribution >= 4 is 44.8 Å². The highest BCUT2D eigenvalue weighted by molar-refractivity contribution is 7.89. The topological polar surface area (TPSA) is 174 Å². The molecule has 53 heavy (non-hydrogen) atoms. The normalized spacial score (nSPS) is 23.0. The van der Waals surface area contributed by atoms with E-state index < -0.39 is 46.3 Å². The number of amides is 1. The SMILES string of the molecule is COc1ccc(C[C@H](NC(=O)O[C@H]2CO[C@H]3OC[C@H](NCC(C)(C)F)[C@H]32)[C@H](O)CN(CC(C)C)S(=O)(=O)c2ccc3nc(NC4CC4)oc3c2)cc1Cl. The summed E-state index contributed by atoms with van der Waals surface area (Å²) >= 11 is 6.41. The third-order valence-electron chi connectivity index (χ3n) is 9.42. The number of carbonyl (C=O) groups is 1. The Balaban J connectivity index is 1.21. The van der Waals surface area contributed by atoms with E-state index in [-0.39, 0.29) is 62.0 Å². The Bertz CT molecular complexity index is 1850. The highest BCUT2D eigenvalue weighted by Crippen LogP contribution is 2.34. The van der Waals surface area contributed by atoms with Gasteiger partial charge in [0.05, 0.1) is 48.3 Å². The molecule has 14 nitrogen and oxygen atoms in total. The van der Waals surface area contributed by atoms with Crippen LogP contribution in [0.2, 0.25) is 5.02 Å². The molecule has 2 saturated heterocycles. The van der Waals surface area contributed by atoms with Gasteiger partial charge in [-0.15, -0.1) is 0 Å². The number of carbonyl (C=O) groups excluding carboxylic acids is 1. The smallest absolute Gasteiger partial charge is 0.407 e. The van der Waals surface area contributed by atoms with E-state index in [0.717, 1.165) is 12.8 Å². The van der Waals surface area contributed by atoms with E-state index in [1.165, 1.54) is 37.4 Å². The maximum Gasteiger partial charge on any atom is 0.407 e. The maximum absolute atomic E-state index is 14.3. The van der Waals surface area contributed by atoms with Crippen LogP contribution in [0.3, 0.4) is 0 Å². The lowest BCUT2D eigenvalue weighted by molar-refractivity contribution is -0.0908. The summed E-state index contributed by atoms with van der Waals surface area (Å²) < 4.78 is 72.2. The predicted octanol–water partition coefficient (Wildman–Crippen LogP) is 4.49. The molecule has 4 N–H and O–H groups in total. The number of alkyl carbamates (subject to hydrolysis) is 1. The number of nitrogens with zero attached hydrogens (tertiary/aromatic N) is 2. The number of rotatable bonds is 17. The lowest BCUT2D eigenvalue weighted by Gasteiger charge is -2.31. The van der Waals surface area contributed by atoms with Gasteiger partial charge < -0.3 is 44.4 Å². The van der Waals surface area contributed by atoms with Crippen LogP contribution < -0.4 is 20.7 Å². The largest absolute Gasteiger partial charge is 0.495 e. The van der Waals surface area contributed by atoms with Crippen LogP contribution in [0, 0.1) is 11.8 Å². The van der Waals surface area contributed by atoms with Crippen molar-refractivity contribution in [2.75, 3.05) is 45.3 Å². The fraction of sp³-hybridized carbons (Fsp3) is 0.611. The molecular formula is C36H49ClFN5O9S. The number of ether oxygens (including phenoxy) is 4. The second-order valence-electron chi connectivity index (χ2n) is 15.0. The second kappa shape index (κ2) is 16.2. The Morgan fingerprint density at radius 2 is 1.91 bits per heavy atom. The van der Waals surface area contributed by atoms with E-state index >= 15 is 0 Å². The molecule has 3 heterocycles. The van der Waals surface area contributed by atoms with Gasteiger partial charge in [-0.05, 0) is 68.9 Å². The summed E-state index contributed by atoms with van der Waals surface area (Å²) in [7, 11) is -2.68. The predicted molar refractivity (Wildman–Crippen MR) is 195 cm³/mol. The van der Waals surface area contributed by atoms with E-state index in [2.05, 4.69) is 20.9 Å². The zero-order valence-corrected chi connectivity index (χ0v) is 32.1. The number of aromatic nitrogens is 1. The molecule has 1 amide bonds. The Kier molecular flexibility index (Phi) is 12.1. The fourth-order valence-electron chi connectivity index (χ4n) is 6.58.